The highest BCUT2D eigenvalue weighted by Crippen LogP contribution is 2.44. The summed E-state index contributed by atoms with van der Waals surface area (Å²) in [5.41, 5.74) is 1.53. The molecule has 0 aliphatic carbocycles. The lowest BCUT2D eigenvalue weighted by Gasteiger charge is -2.24. The number of ether oxygens (including phenoxy) is 1. The molecule has 1 aromatic heterocycles. The number of carbonyl (C=O) groups excluding carboxylic acids is 2. The average molecular weight is 528 g/mol. The van der Waals surface area contributed by atoms with Crippen LogP contribution in [-0.4, -0.2) is 33.3 Å². The second-order valence-electron chi connectivity index (χ2n) is 8.36. The van der Waals surface area contributed by atoms with Gasteiger partial charge in [-0.1, -0.05) is 47.7 Å². The van der Waals surface area contributed by atoms with Crippen LogP contribution in [0.2, 0.25) is 0 Å². The number of rotatable bonds is 8. The summed E-state index contributed by atoms with van der Waals surface area (Å²) in [6, 6.07) is 19.0. The molecule has 9 nitrogen and oxygen atoms in total. The van der Waals surface area contributed by atoms with Gasteiger partial charge in [0.15, 0.2) is 16.7 Å². The van der Waals surface area contributed by atoms with Crippen molar-refractivity contribution in [3.63, 3.8) is 0 Å². The van der Waals surface area contributed by atoms with Crippen LogP contribution in [0.1, 0.15) is 24.1 Å². The van der Waals surface area contributed by atoms with Gasteiger partial charge in [0.25, 0.3) is 11.6 Å². The van der Waals surface area contributed by atoms with Gasteiger partial charge in [0.05, 0.1) is 33.4 Å². The molecular formula is C28H21N3O6S. The van der Waals surface area contributed by atoms with Gasteiger partial charge in [0.2, 0.25) is 0 Å². The maximum absolute atomic E-state index is 13.4. The van der Waals surface area contributed by atoms with Crippen LogP contribution in [-0.2, 0) is 9.59 Å². The minimum Gasteiger partial charge on any atom is -0.503 e. The highest BCUT2D eigenvalue weighted by atomic mass is 32.1. The number of thiazole rings is 1. The predicted octanol–water partition coefficient (Wildman–Crippen LogP) is 5.79. The summed E-state index contributed by atoms with van der Waals surface area (Å²) >= 11 is 1.21. The molecule has 1 unspecified atom stereocenters. The van der Waals surface area contributed by atoms with Gasteiger partial charge in [-0.2, -0.15) is 0 Å². The van der Waals surface area contributed by atoms with Crippen molar-refractivity contribution in [2.24, 2.45) is 0 Å². The number of nitro groups is 1. The Labute approximate surface area is 221 Å². The van der Waals surface area contributed by atoms with Gasteiger partial charge in [-0.15, -0.1) is 0 Å². The molecule has 1 N–H and O–H groups in total. The molecule has 0 radical (unpaired) electrons. The number of anilines is 1. The van der Waals surface area contributed by atoms with Crippen LogP contribution in [0, 0.1) is 10.1 Å². The van der Waals surface area contributed by atoms with Gasteiger partial charge in [0, 0.05) is 12.1 Å². The first-order valence-electron chi connectivity index (χ1n) is 11.7. The molecule has 38 heavy (non-hydrogen) atoms. The lowest BCUT2D eigenvalue weighted by atomic mass is 9.95. The molecule has 1 atom stereocenters. The molecule has 1 aliphatic heterocycles. The van der Waals surface area contributed by atoms with Crippen LogP contribution in [0.4, 0.5) is 10.8 Å². The molecule has 1 amide bonds. The number of nitro benzene ring substituents is 1. The second kappa shape index (κ2) is 10.3. The van der Waals surface area contributed by atoms with Gasteiger partial charge in [0.1, 0.15) is 5.75 Å². The minimum atomic E-state index is -1.04. The molecule has 3 aromatic carbocycles. The summed E-state index contributed by atoms with van der Waals surface area (Å²) in [4.78, 5) is 43.3. The zero-order chi connectivity index (χ0) is 26.8. The molecule has 190 valence electrons. The molecule has 0 bridgehead atoms. The molecule has 10 heteroatoms. The number of aromatic nitrogens is 1. The molecule has 2 heterocycles. The number of fused-ring (bicyclic) bond motifs is 1. The number of non-ortho nitro benzene ring substituents is 1. The lowest BCUT2D eigenvalue weighted by Crippen LogP contribution is -2.30. The Morgan fingerprint density at radius 2 is 1.89 bits per heavy atom. The molecule has 0 saturated carbocycles. The Balaban J connectivity index is 1.59. The van der Waals surface area contributed by atoms with Crippen LogP contribution in [0.15, 0.2) is 90.2 Å². The van der Waals surface area contributed by atoms with Crippen LogP contribution in [0.25, 0.3) is 16.3 Å². The van der Waals surface area contributed by atoms with E-state index in [1.807, 2.05) is 43.3 Å². The highest BCUT2D eigenvalue weighted by Gasteiger charge is 2.45. The smallest absolute Gasteiger partial charge is 0.296 e. The van der Waals surface area contributed by atoms with Crippen molar-refractivity contribution in [3.05, 3.63) is 111 Å². The summed E-state index contributed by atoms with van der Waals surface area (Å²) in [5, 5.41) is 22.4. The van der Waals surface area contributed by atoms with E-state index in [0.29, 0.717) is 23.4 Å². The number of hydrogen-bond acceptors (Lipinski definition) is 8. The third-order valence-corrected chi connectivity index (χ3v) is 7.00. The van der Waals surface area contributed by atoms with Crippen molar-refractivity contribution in [1.82, 2.24) is 4.98 Å². The summed E-state index contributed by atoms with van der Waals surface area (Å²) in [6.45, 7) is 2.36. The molecule has 0 spiro atoms. The van der Waals surface area contributed by atoms with E-state index in [1.165, 1.54) is 46.6 Å². The number of aliphatic hydroxyl groups is 1. The van der Waals surface area contributed by atoms with E-state index in [2.05, 4.69) is 4.98 Å². The molecule has 1 aliphatic rings. The fraction of sp³-hybridized carbons (Fsp3) is 0.107. The summed E-state index contributed by atoms with van der Waals surface area (Å²) < 4.78 is 6.32. The van der Waals surface area contributed by atoms with Crippen molar-refractivity contribution >= 4 is 50.1 Å². The first-order chi connectivity index (χ1) is 18.4. The van der Waals surface area contributed by atoms with Gasteiger partial charge in [-0.05, 0) is 54.5 Å². The van der Waals surface area contributed by atoms with E-state index in [-0.39, 0.29) is 16.4 Å². The molecular weight excluding hydrogens is 506 g/mol. The van der Waals surface area contributed by atoms with Gasteiger partial charge in [-0.3, -0.25) is 24.6 Å². The largest absolute Gasteiger partial charge is 0.503 e. The van der Waals surface area contributed by atoms with E-state index in [1.54, 1.807) is 18.2 Å². The normalized spacial score (nSPS) is 15.6. The SMILES string of the molecule is CCOc1ccc2nc(N3C(=O)C(O)=C(C(=O)/C=C/c4ccccc4)C3c3ccc([N+](=O)[O-])cc3)sc2c1. The Morgan fingerprint density at radius 1 is 1.16 bits per heavy atom. The van der Waals surface area contributed by atoms with E-state index in [0.717, 1.165) is 10.3 Å². The van der Waals surface area contributed by atoms with Crippen molar-refractivity contribution in [2.45, 2.75) is 13.0 Å². The second-order valence-corrected chi connectivity index (χ2v) is 9.36. The number of ketones is 1. The molecule has 5 rings (SSSR count). The Hall–Kier alpha value is -4.83. The number of benzene rings is 3. The van der Waals surface area contributed by atoms with Gasteiger partial charge < -0.3 is 9.84 Å². The van der Waals surface area contributed by atoms with Crippen LogP contribution < -0.4 is 9.64 Å². The number of aliphatic hydroxyl groups excluding tert-OH is 1. The number of nitrogens with zero attached hydrogens (tertiary/aromatic N) is 3. The summed E-state index contributed by atoms with van der Waals surface area (Å²) in [7, 11) is 0. The lowest BCUT2D eigenvalue weighted by molar-refractivity contribution is -0.384. The van der Waals surface area contributed by atoms with Crippen molar-refractivity contribution < 1.29 is 24.4 Å². The Kier molecular flexibility index (Phi) is 6.71. The third-order valence-electron chi connectivity index (χ3n) is 5.99. The van der Waals surface area contributed by atoms with Gasteiger partial charge >= 0.3 is 0 Å². The number of hydrogen-bond donors (Lipinski definition) is 1. The quantitative estimate of drug-likeness (QED) is 0.175. The fourth-order valence-electron chi connectivity index (χ4n) is 4.23. The van der Waals surface area contributed by atoms with E-state index in [4.69, 9.17) is 4.74 Å². The standard InChI is InChI=1S/C28H21N3O6S/c1-2-37-20-13-14-21-23(16-20)38-28(29-21)30-25(18-9-11-19(12-10-18)31(35)36)24(26(33)27(30)34)22(32)15-8-17-6-4-3-5-7-17/h3-16,25,33H,2H2,1H3/b15-8+. The topological polar surface area (TPSA) is 123 Å². The molecule has 4 aromatic rings. The molecule has 0 saturated heterocycles. The minimum absolute atomic E-state index is 0.134. The maximum Gasteiger partial charge on any atom is 0.296 e. The van der Waals surface area contributed by atoms with Crippen molar-refractivity contribution in [1.29, 1.82) is 0 Å². The zero-order valence-electron chi connectivity index (χ0n) is 20.1. The van der Waals surface area contributed by atoms with E-state index >= 15 is 0 Å². The highest BCUT2D eigenvalue weighted by molar-refractivity contribution is 7.22. The van der Waals surface area contributed by atoms with Gasteiger partial charge in [-0.25, -0.2) is 4.98 Å². The summed E-state index contributed by atoms with van der Waals surface area (Å²) in [5.74, 6) is -1.39. The zero-order valence-corrected chi connectivity index (χ0v) is 20.9. The van der Waals surface area contributed by atoms with Crippen LogP contribution in [0.5, 0.6) is 5.75 Å². The van der Waals surface area contributed by atoms with Crippen molar-refractivity contribution in [3.8, 4) is 5.75 Å². The maximum atomic E-state index is 13.4. The first-order valence-corrected chi connectivity index (χ1v) is 12.5. The Bertz CT molecular complexity index is 1610. The first kappa shape index (κ1) is 24.8. The van der Waals surface area contributed by atoms with E-state index in [9.17, 15) is 24.8 Å². The average Bonchev–Trinajstić information content (AvgIpc) is 3.46. The summed E-state index contributed by atoms with van der Waals surface area (Å²) in [6.07, 6.45) is 2.89. The van der Waals surface area contributed by atoms with Crippen molar-refractivity contribution in [2.75, 3.05) is 11.5 Å². The van der Waals surface area contributed by atoms with Crippen LogP contribution in [0.3, 0.4) is 0 Å². The van der Waals surface area contributed by atoms with E-state index < -0.39 is 28.4 Å². The monoisotopic (exact) mass is 527 g/mol. The number of amides is 1. The fourth-order valence-corrected chi connectivity index (χ4v) is 5.25. The predicted molar refractivity (Wildman–Crippen MR) is 144 cm³/mol. The van der Waals surface area contributed by atoms with Crippen LogP contribution >= 0.6 is 11.3 Å². The third kappa shape index (κ3) is 4.64. The number of carbonyl (C=O) groups is 2. The Morgan fingerprint density at radius 3 is 2.58 bits per heavy atom. The molecule has 0 fully saturated rings. The number of allylic oxidation sites excluding steroid dienone is 1.